The summed E-state index contributed by atoms with van der Waals surface area (Å²) in [6, 6.07) is 20.3. The molecule has 0 heterocycles. The third kappa shape index (κ3) is 5.24. The van der Waals surface area contributed by atoms with E-state index in [1.54, 1.807) is 30.3 Å². The average molecular weight is 439 g/mol. The molecule has 1 amide bonds. The van der Waals surface area contributed by atoms with Gasteiger partial charge < -0.3 is 10.1 Å². The summed E-state index contributed by atoms with van der Waals surface area (Å²) in [5.74, 6) is 0.268. The smallest absolute Gasteiger partial charge is 0.264 e. The Morgan fingerprint density at radius 3 is 2.32 bits per heavy atom. The minimum Gasteiger partial charge on any atom is -0.491 e. The molecule has 6 nitrogen and oxygen atoms in total. The fourth-order valence-corrected chi connectivity index (χ4v) is 4.17. The van der Waals surface area contributed by atoms with E-state index in [0.29, 0.717) is 29.3 Å². The molecule has 0 saturated heterocycles. The lowest BCUT2D eigenvalue weighted by Crippen LogP contribution is -2.26. The molecule has 3 aromatic rings. The molecular weight excluding hydrogens is 412 g/mol. The summed E-state index contributed by atoms with van der Waals surface area (Å²) in [5, 5.41) is 2.85. The zero-order valence-electron chi connectivity index (χ0n) is 17.8. The van der Waals surface area contributed by atoms with Gasteiger partial charge in [-0.15, -0.1) is 0 Å². The highest BCUT2D eigenvalue weighted by molar-refractivity contribution is 7.92. The van der Waals surface area contributed by atoms with Gasteiger partial charge in [0.15, 0.2) is 0 Å². The Hall–Kier alpha value is -3.32. The molecule has 31 heavy (non-hydrogen) atoms. The van der Waals surface area contributed by atoms with E-state index in [2.05, 4.69) is 5.32 Å². The van der Waals surface area contributed by atoms with E-state index in [-0.39, 0.29) is 10.8 Å². The molecule has 0 saturated carbocycles. The second kappa shape index (κ2) is 9.66. The molecular formula is C24H26N2O4S. The maximum Gasteiger partial charge on any atom is 0.264 e. The van der Waals surface area contributed by atoms with Crippen LogP contribution in [0.1, 0.15) is 29.3 Å². The van der Waals surface area contributed by atoms with Crippen molar-refractivity contribution in [3.05, 3.63) is 83.9 Å². The molecule has 162 valence electrons. The summed E-state index contributed by atoms with van der Waals surface area (Å²) in [6.45, 7) is 4.52. The molecule has 0 aromatic heterocycles. The Labute approximate surface area is 183 Å². The molecule has 3 aromatic carbocycles. The van der Waals surface area contributed by atoms with Crippen LogP contribution in [-0.2, 0) is 10.0 Å². The van der Waals surface area contributed by atoms with E-state index in [9.17, 15) is 13.2 Å². The first-order valence-electron chi connectivity index (χ1n) is 10.0. The highest BCUT2D eigenvalue weighted by Gasteiger charge is 2.21. The standard InChI is InChI=1S/C24H26N2O4S/c1-4-16-30-23-17-18(2)10-15-22(23)25-24(27)19-11-13-21(14-12-19)31(28,29)26(3)20-8-6-5-7-9-20/h5-15,17H,4,16H2,1-3H3,(H,25,27). The topological polar surface area (TPSA) is 75.7 Å². The second-order valence-electron chi connectivity index (χ2n) is 7.13. The van der Waals surface area contributed by atoms with E-state index in [0.717, 1.165) is 12.0 Å². The molecule has 3 rings (SSSR count). The third-order valence-electron chi connectivity index (χ3n) is 4.74. The number of benzene rings is 3. The number of hydrogen-bond donors (Lipinski definition) is 1. The van der Waals surface area contributed by atoms with Crippen LogP contribution in [0.15, 0.2) is 77.7 Å². The second-order valence-corrected chi connectivity index (χ2v) is 9.10. The van der Waals surface area contributed by atoms with Crippen LogP contribution in [0, 0.1) is 6.92 Å². The van der Waals surface area contributed by atoms with Gasteiger partial charge in [-0.25, -0.2) is 8.42 Å². The number of carbonyl (C=O) groups is 1. The van der Waals surface area contributed by atoms with Crippen LogP contribution in [-0.4, -0.2) is 28.0 Å². The molecule has 0 fully saturated rings. The van der Waals surface area contributed by atoms with E-state index in [1.165, 1.54) is 35.6 Å². The Bertz CT molecular complexity index is 1140. The molecule has 0 bridgehead atoms. The van der Waals surface area contributed by atoms with Crippen molar-refractivity contribution >= 4 is 27.3 Å². The van der Waals surface area contributed by atoms with Crippen LogP contribution in [0.3, 0.4) is 0 Å². The SMILES string of the molecule is CCCOc1cc(C)ccc1NC(=O)c1ccc(S(=O)(=O)N(C)c2ccccc2)cc1. The Morgan fingerprint density at radius 2 is 1.68 bits per heavy atom. The van der Waals surface area contributed by atoms with Crippen molar-refractivity contribution in [3.8, 4) is 5.75 Å². The molecule has 0 aliphatic heterocycles. The Morgan fingerprint density at radius 1 is 1.00 bits per heavy atom. The normalized spacial score (nSPS) is 11.1. The molecule has 0 atom stereocenters. The van der Waals surface area contributed by atoms with Gasteiger partial charge in [0.2, 0.25) is 0 Å². The largest absolute Gasteiger partial charge is 0.491 e. The number of rotatable bonds is 8. The van der Waals surface area contributed by atoms with Gasteiger partial charge in [0, 0.05) is 12.6 Å². The van der Waals surface area contributed by atoms with Crippen LogP contribution in [0.5, 0.6) is 5.75 Å². The lowest BCUT2D eigenvalue weighted by atomic mass is 10.2. The van der Waals surface area contributed by atoms with Crippen LogP contribution in [0.2, 0.25) is 0 Å². The number of nitrogens with zero attached hydrogens (tertiary/aromatic N) is 1. The molecule has 0 aliphatic carbocycles. The third-order valence-corrected chi connectivity index (χ3v) is 6.54. The number of anilines is 2. The number of hydrogen-bond acceptors (Lipinski definition) is 4. The van der Waals surface area contributed by atoms with Crippen LogP contribution < -0.4 is 14.4 Å². The first-order chi connectivity index (χ1) is 14.8. The maximum absolute atomic E-state index is 12.9. The number of ether oxygens (including phenoxy) is 1. The minimum absolute atomic E-state index is 0.109. The Balaban J connectivity index is 1.78. The fraction of sp³-hybridized carbons (Fsp3) is 0.208. The van der Waals surface area contributed by atoms with Gasteiger partial charge in [-0.3, -0.25) is 9.10 Å². The Kier molecular flexibility index (Phi) is 6.97. The van der Waals surface area contributed by atoms with Crippen molar-refractivity contribution in [3.63, 3.8) is 0 Å². The molecule has 7 heteroatoms. The molecule has 1 N–H and O–H groups in total. The highest BCUT2D eigenvalue weighted by Crippen LogP contribution is 2.27. The van der Waals surface area contributed by atoms with Crippen molar-refractivity contribution in [2.45, 2.75) is 25.2 Å². The van der Waals surface area contributed by atoms with Crippen LogP contribution in [0.25, 0.3) is 0 Å². The fourth-order valence-electron chi connectivity index (χ4n) is 2.97. The first kappa shape index (κ1) is 22.4. The number of sulfonamides is 1. The lowest BCUT2D eigenvalue weighted by Gasteiger charge is -2.19. The van der Waals surface area contributed by atoms with Crippen LogP contribution >= 0.6 is 0 Å². The number of aryl methyl sites for hydroxylation is 1. The van der Waals surface area contributed by atoms with Crippen molar-refractivity contribution in [2.75, 3.05) is 23.3 Å². The van der Waals surface area contributed by atoms with Crippen LogP contribution in [0.4, 0.5) is 11.4 Å². The summed E-state index contributed by atoms with van der Waals surface area (Å²) < 4.78 is 32.7. The number of amides is 1. The first-order valence-corrected chi connectivity index (χ1v) is 11.5. The van der Waals surface area contributed by atoms with Crippen molar-refractivity contribution in [2.24, 2.45) is 0 Å². The van der Waals surface area contributed by atoms with E-state index >= 15 is 0 Å². The summed E-state index contributed by atoms with van der Waals surface area (Å²) in [6.07, 6.45) is 0.856. The van der Waals surface area contributed by atoms with Gasteiger partial charge in [-0.2, -0.15) is 0 Å². The van der Waals surface area contributed by atoms with Gasteiger partial charge >= 0.3 is 0 Å². The van der Waals surface area contributed by atoms with E-state index in [1.807, 2.05) is 32.0 Å². The quantitative estimate of drug-likeness (QED) is 0.545. The summed E-state index contributed by atoms with van der Waals surface area (Å²) in [5.41, 5.74) is 2.51. The number of para-hydroxylation sites is 1. The minimum atomic E-state index is -3.73. The summed E-state index contributed by atoms with van der Waals surface area (Å²) in [7, 11) is -2.23. The van der Waals surface area contributed by atoms with Crippen molar-refractivity contribution < 1.29 is 17.9 Å². The predicted octanol–water partition coefficient (Wildman–Crippen LogP) is 4.86. The van der Waals surface area contributed by atoms with Gasteiger partial charge in [-0.05, 0) is 67.4 Å². The number of carbonyl (C=O) groups excluding carboxylic acids is 1. The van der Waals surface area contributed by atoms with Gasteiger partial charge in [0.1, 0.15) is 5.75 Å². The van der Waals surface area contributed by atoms with Crippen molar-refractivity contribution in [1.82, 2.24) is 0 Å². The average Bonchev–Trinajstić information content (AvgIpc) is 2.79. The van der Waals surface area contributed by atoms with Gasteiger partial charge in [-0.1, -0.05) is 31.2 Å². The van der Waals surface area contributed by atoms with Crippen molar-refractivity contribution in [1.29, 1.82) is 0 Å². The lowest BCUT2D eigenvalue weighted by molar-refractivity contribution is 0.102. The molecule has 0 aliphatic rings. The van der Waals surface area contributed by atoms with Gasteiger partial charge in [0.25, 0.3) is 15.9 Å². The molecule has 0 spiro atoms. The molecule has 0 unspecified atom stereocenters. The zero-order valence-corrected chi connectivity index (χ0v) is 18.6. The van der Waals surface area contributed by atoms with E-state index < -0.39 is 10.0 Å². The molecule has 0 radical (unpaired) electrons. The predicted molar refractivity (Wildman–Crippen MR) is 123 cm³/mol. The zero-order chi connectivity index (χ0) is 22.4. The monoisotopic (exact) mass is 438 g/mol. The van der Waals surface area contributed by atoms with Gasteiger partial charge in [0.05, 0.1) is 22.9 Å². The number of nitrogens with one attached hydrogen (secondary N) is 1. The highest BCUT2D eigenvalue weighted by atomic mass is 32.2. The van der Waals surface area contributed by atoms with E-state index in [4.69, 9.17) is 4.74 Å². The maximum atomic E-state index is 12.9. The summed E-state index contributed by atoms with van der Waals surface area (Å²) in [4.78, 5) is 12.8. The summed E-state index contributed by atoms with van der Waals surface area (Å²) >= 11 is 0.